The molecule has 0 saturated heterocycles. The van der Waals surface area contributed by atoms with Crippen LogP contribution in [-0.2, 0) is 9.53 Å². The maximum absolute atomic E-state index is 11.8. The molecule has 2 aromatic carbocycles. The normalized spacial score (nSPS) is 16.1. The van der Waals surface area contributed by atoms with Gasteiger partial charge in [0.1, 0.15) is 0 Å². The topological polar surface area (TPSA) is 38.7 Å². The summed E-state index contributed by atoms with van der Waals surface area (Å²) in [6, 6.07) is 17.0. The van der Waals surface area contributed by atoms with Crippen molar-refractivity contribution >= 4 is 35.6 Å². The zero-order valence-electron chi connectivity index (χ0n) is 11.6. The lowest BCUT2D eigenvalue weighted by molar-refractivity contribution is -0.129. The standard InChI is InChI=1S/C18H12ClNO2/c19-15-9-5-4-8-14(15)12-16-18(21)22-17(20-16)11-10-13-6-2-1-3-7-13/h1-12H/b11-10+,16-12+. The van der Waals surface area contributed by atoms with Gasteiger partial charge in [-0.05, 0) is 29.3 Å². The van der Waals surface area contributed by atoms with Gasteiger partial charge in [-0.25, -0.2) is 9.79 Å². The molecule has 1 aliphatic heterocycles. The Balaban J connectivity index is 1.83. The molecule has 3 nitrogen and oxygen atoms in total. The number of esters is 1. The third-order valence-electron chi connectivity index (χ3n) is 3.05. The summed E-state index contributed by atoms with van der Waals surface area (Å²) in [6.45, 7) is 0. The van der Waals surface area contributed by atoms with Crippen LogP contribution in [0.4, 0.5) is 0 Å². The molecule has 0 radical (unpaired) electrons. The van der Waals surface area contributed by atoms with E-state index in [0.29, 0.717) is 5.02 Å². The quantitative estimate of drug-likeness (QED) is 0.624. The zero-order valence-corrected chi connectivity index (χ0v) is 12.3. The van der Waals surface area contributed by atoms with Crippen LogP contribution < -0.4 is 0 Å². The van der Waals surface area contributed by atoms with Gasteiger partial charge in [0.25, 0.3) is 0 Å². The molecule has 0 spiro atoms. The average molecular weight is 310 g/mol. The van der Waals surface area contributed by atoms with E-state index in [2.05, 4.69) is 4.99 Å². The first-order valence-electron chi connectivity index (χ1n) is 6.72. The molecule has 0 atom stereocenters. The first-order chi connectivity index (χ1) is 10.7. The van der Waals surface area contributed by atoms with Crippen LogP contribution in [0.2, 0.25) is 5.02 Å². The van der Waals surface area contributed by atoms with Crippen molar-refractivity contribution in [1.82, 2.24) is 0 Å². The second kappa shape index (κ2) is 6.41. The summed E-state index contributed by atoms with van der Waals surface area (Å²) >= 11 is 6.07. The van der Waals surface area contributed by atoms with E-state index >= 15 is 0 Å². The highest BCUT2D eigenvalue weighted by molar-refractivity contribution is 6.32. The Morgan fingerprint density at radius 3 is 2.45 bits per heavy atom. The summed E-state index contributed by atoms with van der Waals surface area (Å²) in [5.74, 6) is -0.209. The van der Waals surface area contributed by atoms with Gasteiger partial charge in [0.05, 0.1) is 0 Å². The van der Waals surface area contributed by atoms with Gasteiger partial charge >= 0.3 is 5.97 Å². The van der Waals surface area contributed by atoms with Crippen molar-refractivity contribution in [2.24, 2.45) is 4.99 Å². The van der Waals surface area contributed by atoms with Gasteiger partial charge in [-0.15, -0.1) is 0 Å². The maximum atomic E-state index is 11.8. The molecule has 1 heterocycles. The van der Waals surface area contributed by atoms with Crippen molar-refractivity contribution in [1.29, 1.82) is 0 Å². The van der Waals surface area contributed by atoms with Gasteiger partial charge < -0.3 is 4.74 Å². The van der Waals surface area contributed by atoms with E-state index in [1.165, 1.54) is 0 Å². The van der Waals surface area contributed by atoms with E-state index in [1.54, 1.807) is 18.2 Å². The lowest BCUT2D eigenvalue weighted by atomic mass is 10.2. The molecule has 0 aromatic heterocycles. The van der Waals surface area contributed by atoms with Crippen LogP contribution in [0.5, 0.6) is 0 Å². The number of benzene rings is 2. The van der Waals surface area contributed by atoms with E-state index in [4.69, 9.17) is 16.3 Å². The monoisotopic (exact) mass is 309 g/mol. The van der Waals surface area contributed by atoms with Gasteiger partial charge in [0, 0.05) is 11.1 Å². The Morgan fingerprint density at radius 2 is 1.68 bits per heavy atom. The van der Waals surface area contributed by atoms with Crippen LogP contribution in [0.25, 0.3) is 12.2 Å². The van der Waals surface area contributed by atoms with Crippen LogP contribution in [0.15, 0.2) is 71.4 Å². The number of rotatable bonds is 3. The highest BCUT2D eigenvalue weighted by Gasteiger charge is 2.21. The van der Waals surface area contributed by atoms with E-state index < -0.39 is 5.97 Å². The van der Waals surface area contributed by atoms with Gasteiger partial charge in [-0.1, -0.05) is 60.1 Å². The van der Waals surface area contributed by atoms with Crippen molar-refractivity contribution in [3.05, 3.63) is 82.5 Å². The largest absolute Gasteiger partial charge is 0.403 e. The second-order valence-corrected chi connectivity index (χ2v) is 5.04. The van der Waals surface area contributed by atoms with Gasteiger partial charge in [0.15, 0.2) is 5.70 Å². The fourth-order valence-electron chi connectivity index (χ4n) is 1.97. The summed E-state index contributed by atoms with van der Waals surface area (Å²) in [7, 11) is 0. The Bertz CT molecular complexity index is 792. The van der Waals surface area contributed by atoms with Gasteiger partial charge in [-0.2, -0.15) is 0 Å². The third-order valence-corrected chi connectivity index (χ3v) is 3.40. The molecule has 1 aliphatic rings. The minimum atomic E-state index is -0.479. The predicted molar refractivity (Wildman–Crippen MR) is 88.4 cm³/mol. The van der Waals surface area contributed by atoms with E-state index in [0.717, 1.165) is 11.1 Å². The van der Waals surface area contributed by atoms with E-state index in [1.807, 2.05) is 54.6 Å². The number of ether oxygens (including phenoxy) is 1. The Hall–Kier alpha value is -2.65. The summed E-state index contributed by atoms with van der Waals surface area (Å²) in [4.78, 5) is 16.0. The Labute approximate surface area is 133 Å². The maximum Gasteiger partial charge on any atom is 0.363 e. The minimum absolute atomic E-state index is 0.237. The van der Waals surface area contributed by atoms with Crippen LogP contribution in [0.1, 0.15) is 11.1 Å². The Morgan fingerprint density at radius 1 is 0.955 bits per heavy atom. The number of aliphatic imine (C=N–C) groups is 1. The van der Waals surface area contributed by atoms with Crippen molar-refractivity contribution in [2.45, 2.75) is 0 Å². The molecule has 0 unspecified atom stereocenters. The molecular formula is C18H12ClNO2. The zero-order chi connectivity index (χ0) is 15.4. The number of halogens is 1. The molecule has 0 bridgehead atoms. The van der Waals surface area contributed by atoms with Gasteiger partial charge in [0.2, 0.25) is 5.90 Å². The number of hydrogen-bond donors (Lipinski definition) is 0. The fourth-order valence-corrected chi connectivity index (χ4v) is 2.16. The van der Waals surface area contributed by atoms with Crippen molar-refractivity contribution < 1.29 is 9.53 Å². The predicted octanol–water partition coefficient (Wildman–Crippen LogP) is 4.35. The summed E-state index contributed by atoms with van der Waals surface area (Å²) < 4.78 is 5.12. The first-order valence-corrected chi connectivity index (χ1v) is 7.10. The van der Waals surface area contributed by atoms with E-state index in [9.17, 15) is 4.79 Å². The van der Waals surface area contributed by atoms with Crippen LogP contribution in [-0.4, -0.2) is 11.9 Å². The molecular weight excluding hydrogens is 298 g/mol. The van der Waals surface area contributed by atoms with Crippen molar-refractivity contribution in [3.63, 3.8) is 0 Å². The number of nitrogens with zero attached hydrogens (tertiary/aromatic N) is 1. The first kappa shape index (κ1) is 14.3. The number of hydrogen-bond acceptors (Lipinski definition) is 3. The van der Waals surface area contributed by atoms with E-state index in [-0.39, 0.29) is 11.6 Å². The van der Waals surface area contributed by atoms with Crippen LogP contribution >= 0.6 is 11.6 Å². The number of carbonyl (C=O) groups is 1. The fraction of sp³-hybridized carbons (Fsp3) is 0. The lowest BCUT2D eigenvalue weighted by Gasteiger charge is -1.96. The highest BCUT2D eigenvalue weighted by atomic mass is 35.5. The van der Waals surface area contributed by atoms with Crippen molar-refractivity contribution in [2.75, 3.05) is 0 Å². The molecule has 2 aromatic rings. The highest BCUT2D eigenvalue weighted by Crippen LogP contribution is 2.21. The molecule has 22 heavy (non-hydrogen) atoms. The van der Waals surface area contributed by atoms with Crippen LogP contribution in [0.3, 0.4) is 0 Å². The molecule has 0 aliphatic carbocycles. The average Bonchev–Trinajstić information content (AvgIpc) is 2.89. The second-order valence-electron chi connectivity index (χ2n) is 4.63. The molecule has 0 amide bonds. The SMILES string of the molecule is O=C1OC(/C=C/c2ccccc2)=NC/1=C/c1ccccc1Cl. The summed E-state index contributed by atoms with van der Waals surface area (Å²) in [6.07, 6.45) is 5.12. The molecule has 108 valence electrons. The lowest BCUT2D eigenvalue weighted by Crippen LogP contribution is -2.01. The number of cyclic esters (lactones) is 1. The minimum Gasteiger partial charge on any atom is -0.403 e. The Kier molecular flexibility index (Phi) is 4.17. The van der Waals surface area contributed by atoms with Gasteiger partial charge in [-0.3, -0.25) is 0 Å². The molecule has 0 fully saturated rings. The smallest absolute Gasteiger partial charge is 0.363 e. The molecule has 0 N–H and O–H groups in total. The molecule has 3 rings (SSSR count). The van der Waals surface area contributed by atoms with Crippen molar-refractivity contribution in [3.8, 4) is 0 Å². The van der Waals surface area contributed by atoms with Crippen LogP contribution in [0, 0.1) is 0 Å². The molecule has 0 saturated carbocycles. The summed E-state index contributed by atoms with van der Waals surface area (Å²) in [5.41, 5.74) is 1.97. The molecule has 4 heteroatoms. The summed E-state index contributed by atoms with van der Waals surface area (Å²) in [5, 5.41) is 0.561. The third kappa shape index (κ3) is 3.32. The number of carbonyl (C=O) groups excluding carboxylic acids is 1.